The molecule has 2 rings (SSSR count). The first kappa shape index (κ1) is 12.4. The van der Waals surface area contributed by atoms with Crippen LogP contribution < -0.4 is 5.32 Å². The molecule has 0 saturated heterocycles. The number of hydrogen-bond acceptors (Lipinski definition) is 2. The summed E-state index contributed by atoms with van der Waals surface area (Å²) in [6.45, 7) is 2.18. The number of phenolic OH excluding ortho intramolecular Hbond substituents is 1. The molecule has 1 aromatic rings. The molecule has 0 heterocycles. The maximum absolute atomic E-state index is 9.49. The summed E-state index contributed by atoms with van der Waals surface area (Å²) in [5.74, 6) is 0.358. The third kappa shape index (κ3) is 3.74. The van der Waals surface area contributed by atoms with Gasteiger partial charge in [-0.1, -0.05) is 37.8 Å². The SMILES string of the molecule is CC(NC1CCCCCC1)c1cccc(O)c1. The van der Waals surface area contributed by atoms with Crippen LogP contribution in [0.3, 0.4) is 0 Å². The van der Waals surface area contributed by atoms with Crippen LogP contribution in [0.15, 0.2) is 24.3 Å². The maximum atomic E-state index is 9.49. The van der Waals surface area contributed by atoms with Crippen molar-refractivity contribution in [3.05, 3.63) is 29.8 Å². The van der Waals surface area contributed by atoms with E-state index in [1.165, 1.54) is 44.1 Å². The lowest BCUT2D eigenvalue weighted by molar-refractivity contribution is 0.412. The lowest BCUT2D eigenvalue weighted by atomic mass is 10.0. The van der Waals surface area contributed by atoms with E-state index < -0.39 is 0 Å². The van der Waals surface area contributed by atoms with E-state index in [4.69, 9.17) is 0 Å². The molecule has 1 aliphatic carbocycles. The Morgan fingerprint density at radius 2 is 1.88 bits per heavy atom. The molecule has 2 heteroatoms. The highest BCUT2D eigenvalue weighted by molar-refractivity contribution is 5.29. The zero-order chi connectivity index (χ0) is 12.1. The molecule has 0 aromatic heterocycles. The molecular formula is C15H23NO. The number of nitrogens with one attached hydrogen (secondary N) is 1. The molecule has 1 fully saturated rings. The Morgan fingerprint density at radius 3 is 2.53 bits per heavy atom. The van der Waals surface area contributed by atoms with Crippen LogP contribution in [0.25, 0.3) is 0 Å². The van der Waals surface area contributed by atoms with Crippen molar-refractivity contribution >= 4 is 0 Å². The van der Waals surface area contributed by atoms with Crippen molar-refractivity contribution in [2.24, 2.45) is 0 Å². The first-order chi connectivity index (χ1) is 8.25. The molecule has 1 aliphatic rings. The second-order valence-corrected chi connectivity index (χ2v) is 5.17. The summed E-state index contributed by atoms with van der Waals surface area (Å²) in [5, 5.41) is 13.2. The van der Waals surface area contributed by atoms with Crippen LogP contribution in [0.2, 0.25) is 0 Å². The monoisotopic (exact) mass is 233 g/mol. The van der Waals surface area contributed by atoms with Gasteiger partial charge in [-0.25, -0.2) is 0 Å². The van der Waals surface area contributed by atoms with Crippen molar-refractivity contribution in [3.8, 4) is 5.75 Å². The van der Waals surface area contributed by atoms with E-state index in [9.17, 15) is 5.11 Å². The van der Waals surface area contributed by atoms with Crippen LogP contribution in [0.1, 0.15) is 57.1 Å². The molecular weight excluding hydrogens is 210 g/mol. The van der Waals surface area contributed by atoms with Crippen LogP contribution in [0.4, 0.5) is 0 Å². The van der Waals surface area contributed by atoms with Gasteiger partial charge in [0, 0.05) is 12.1 Å². The zero-order valence-electron chi connectivity index (χ0n) is 10.7. The highest BCUT2D eigenvalue weighted by atomic mass is 16.3. The molecule has 0 bridgehead atoms. The molecule has 1 atom stereocenters. The number of aromatic hydroxyl groups is 1. The van der Waals surface area contributed by atoms with E-state index in [2.05, 4.69) is 18.3 Å². The molecule has 1 unspecified atom stereocenters. The number of benzene rings is 1. The van der Waals surface area contributed by atoms with Crippen LogP contribution >= 0.6 is 0 Å². The summed E-state index contributed by atoms with van der Waals surface area (Å²) >= 11 is 0. The van der Waals surface area contributed by atoms with Crippen molar-refractivity contribution < 1.29 is 5.11 Å². The highest BCUT2D eigenvalue weighted by Crippen LogP contribution is 2.22. The summed E-state index contributed by atoms with van der Waals surface area (Å²) in [6.07, 6.45) is 8.07. The van der Waals surface area contributed by atoms with Gasteiger partial charge in [0.1, 0.15) is 5.75 Å². The minimum atomic E-state index is 0.324. The summed E-state index contributed by atoms with van der Waals surface area (Å²) in [5.41, 5.74) is 1.18. The van der Waals surface area contributed by atoms with Gasteiger partial charge in [-0.05, 0) is 37.5 Å². The Bertz CT molecular complexity index is 343. The smallest absolute Gasteiger partial charge is 0.115 e. The van der Waals surface area contributed by atoms with Crippen LogP contribution in [-0.2, 0) is 0 Å². The van der Waals surface area contributed by atoms with Gasteiger partial charge < -0.3 is 10.4 Å². The number of rotatable bonds is 3. The van der Waals surface area contributed by atoms with Gasteiger partial charge in [-0.15, -0.1) is 0 Å². The average Bonchev–Trinajstić information content (AvgIpc) is 2.57. The summed E-state index contributed by atoms with van der Waals surface area (Å²) < 4.78 is 0. The fraction of sp³-hybridized carbons (Fsp3) is 0.600. The summed E-state index contributed by atoms with van der Waals surface area (Å²) in [6, 6.07) is 8.54. The van der Waals surface area contributed by atoms with E-state index in [0.29, 0.717) is 17.8 Å². The van der Waals surface area contributed by atoms with Gasteiger partial charge in [0.25, 0.3) is 0 Å². The van der Waals surface area contributed by atoms with Crippen LogP contribution in [0.5, 0.6) is 5.75 Å². The van der Waals surface area contributed by atoms with E-state index in [0.717, 1.165) is 0 Å². The van der Waals surface area contributed by atoms with E-state index in [1.54, 1.807) is 6.07 Å². The number of hydrogen-bond donors (Lipinski definition) is 2. The molecule has 0 spiro atoms. The molecule has 2 N–H and O–H groups in total. The molecule has 2 nitrogen and oxygen atoms in total. The third-order valence-corrected chi connectivity index (χ3v) is 3.71. The summed E-state index contributed by atoms with van der Waals surface area (Å²) in [7, 11) is 0. The van der Waals surface area contributed by atoms with Crippen molar-refractivity contribution in [2.45, 2.75) is 57.5 Å². The largest absolute Gasteiger partial charge is 0.508 e. The Balaban J connectivity index is 1.93. The highest BCUT2D eigenvalue weighted by Gasteiger charge is 2.15. The van der Waals surface area contributed by atoms with Crippen molar-refractivity contribution in [1.29, 1.82) is 0 Å². The minimum Gasteiger partial charge on any atom is -0.508 e. The van der Waals surface area contributed by atoms with Gasteiger partial charge in [0.15, 0.2) is 0 Å². The Kier molecular flexibility index (Phi) is 4.43. The van der Waals surface area contributed by atoms with E-state index in [-0.39, 0.29) is 0 Å². The zero-order valence-corrected chi connectivity index (χ0v) is 10.7. The molecule has 1 saturated carbocycles. The molecule has 17 heavy (non-hydrogen) atoms. The molecule has 0 radical (unpaired) electrons. The fourth-order valence-corrected chi connectivity index (χ4v) is 2.69. The molecule has 94 valence electrons. The maximum Gasteiger partial charge on any atom is 0.115 e. The summed E-state index contributed by atoms with van der Waals surface area (Å²) in [4.78, 5) is 0. The molecule has 1 aromatic carbocycles. The second-order valence-electron chi connectivity index (χ2n) is 5.17. The van der Waals surface area contributed by atoms with E-state index in [1.807, 2.05) is 12.1 Å². The van der Waals surface area contributed by atoms with Crippen molar-refractivity contribution in [1.82, 2.24) is 5.32 Å². The van der Waals surface area contributed by atoms with Gasteiger partial charge >= 0.3 is 0 Å². The standard InChI is InChI=1S/C15H23NO/c1-12(13-7-6-10-15(17)11-13)16-14-8-4-2-3-5-9-14/h6-7,10-12,14,16-17H,2-5,8-9H2,1H3. The van der Waals surface area contributed by atoms with Crippen LogP contribution in [-0.4, -0.2) is 11.1 Å². The predicted octanol–water partition coefficient (Wildman–Crippen LogP) is 3.77. The van der Waals surface area contributed by atoms with E-state index >= 15 is 0 Å². The Hall–Kier alpha value is -1.02. The quantitative estimate of drug-likeness (QED) is 0.779. The lowest BCUT2D eigenvalue weighted by Gasteiger charge is -2.22. The number of phenols is 1. The van der Waals surface area contributed by atoms with Crippen molar-refractivity contribution in [2.75, 3.05) is 0 Å². The van der Waals surface area contributed by atoms with Gasteiger partial charge in [0.05, 0.1) is 0 Å². The average molecular weight is 233 g/mol. The Labute approximate surface area is 104 Å². The second kappa shape index (κ2) is 6.06. The predicted molar refractivity (Wildman–Crippen MR) is 71.1 cm³/mol. The molecule has 0 amide bonds. The first-order valence-electron chi connectivity index (χ1n) is 6.80. The fourth-order valence-electron chi connectivity index (χ4n) is 2.69. The normalized spacial score (nSPS) is 19.8. The van der Waals surface area contributed by atoms with Crippen molar-refractivity contribution in [3.63, 3.8) is 0 Å². The Morgan fingerprint density at radius 1 is 1.18 bits per heavy atom. The third-order valence-electron chi connectivity index (χ3n) is 3.71. The van der Waals surface area contributed by atoms with Crippen LogP contribution in [0, 0.1) is 0 Å². The van der Waals surface area contributed by atoms with Gasteiger partial charge in [-0.2, -0.15) is 0 Å². The topological polar surface area (TPSA) is 32.3 Å². The molecule has 0 aliphatic heterocycles. The van der Waals surface area contributed by atoms with Gasteiger partial charge in [0.2, 0.25) is 0 Å². The minimum absolute atomic E-state index is 0.324. The first-order valence-corrected chi connectivity index (χ1v) is 6.80. The lowest BCUT2D eigenvalue weighted by Crippen LogP contribution is -2.30. The van der Waals surface area contributed by atoms with Gasteiger partial charge in [-0.3, -0.25) is 0 Å².